The summed E-state index contributed by atoms with van der Waals surface area (Å²) < 4.78 is 7.85. The molecule has 0 fully saturated rings. The predicted molar refractivity (Wildman–Crippen MR) is 88.8 cm³/mol. The number of rotatable bonds is 2. The van der Waals surface area contributed by atoms with Crippen LogP contribution in [0.3, 0.4) is 0 Å². The molecule has 2 nitrogen and oxygen atoms in total. The highest BCUT2D eigenvalue weighted by Crippen LogP contribution is 2.32. The Morgan fingerprint density at radius 3 is 2.60 bits per heavy atom. The van der Waals surface area contributed by atoms with Crippen LogP contribution in [0.1, 0.15) is 22.9 Å². The van der Waals surface area contributed by atoms with E-state index >= 15 is 0 Å². The third kappa shape index (κ3) is 2.55. The molecule has 0 aliphatic rings. The summed E-state index contributed by atoms with van der Waals surface area (Å²) in [6.45, 7) is 2.07. The Morgan fingerprint density at radius 1 is 1.05 bits per heavy atom. The van der Waals surface area contributed by atoms with Crippen molar-refractivity contribution in [2.45, 2.75) is 13.0 Å². The SMILES string of the molecule is Cc1ccc2oc(C(N)c3ccc(Br)cc3Br)cc2c1. The van der Waals surface area contributed by atoms with Crippen LogP contribution in [0.15, 0.2) is 55.8 Å². The van der Waals surface area contributed by atoms with Gasteiger partial charge in [-0.2, -0.15) is 0 Å². The average Bonchev–Trinajstić information content (AvgIpc) is 2.81. The van der Waals surface area contributed by atoms with Gasteiger partial charge in [0.05, 0.1) is 6.04 Å². The Kier molecular flexibility index (Phi) is 3.71. The molecule has 0 amide bonds. The first kappa shape index (κ1) is 13.9. The lowest BCUT2D eigenvalue weighted by atomic mass is 10.1. The van der Waals surface area contributed by atoms with Crippen LogP contribution in [-0.4, -0.2) is 0 Å². The van der Waals surface area contributed by atoms with Gasteiger partial charge in [0.25, 0.3) is 0 Å². The van der Waals surface area contributed by atoms with Gasteiger partial charge in [0, 0.05) is 14.3 Å². The van der Waals surface area contributed by atoms with Crippen molar-refractivity contribution in [2.24, 2.45) is 5.73 Å². The number of hydrogen-bond acceptors (Lipinski definition) is 2. The van der Waals surface area contributed by atoms with Gasteiger partial charge in [-0.25, -0.2) is 0 Å². The molecule has 0 bridgehead atoms. The zero-order valence-corrected chi connectivity index (χ0v) is 14.0. The average molecular weight is 395 g/mol. The minimum absolute atomic E-state index is 0.287. The van der Waals surface area contributed by atoms with Crippen LogP contribution >= 0.6 is 31.9 Å². The number of benzene rings is 2. The number of halogens is 2. The van der Waals surface area contributed by atoms with Gasteiger partial charge in [-0.3, -0.25) is 0 Å². The number of fused-ring (bicyclic) bond motifs is 1. The quantitative estimate of drug-likeness (QED) is 0.639. The molecule has 0 saturated heterocycles. The normalized spacial score (nSPS) is 12.8. The van der Waals surface area contributed by atoms with Crippen molar-refractivity contribution in [1.29, 1.82) is 0 Å². The van der Waals surface area contributed by atoms with Crippen LogP contribution in [0, 0.1) is 6.92 Å². The molecule has 1 atom stereocenters. The van der Waals surface area contributed by atoms with Crippen molar-refractivity contribution in [1.82, 2.24) is 0 Å². The zero-order chi connectivity index (χ0) is 14.3. The van der Waals surface area contributed by atoms with Gasteiger partial charge in [0.1, 0.15) is 11.3 Å². The second kappa shape index (κ2) is 5.35. The number of nitrogens with two attached hydrogens (primary N) is 1. The maximum absolute atomic E-state index is 6.33. The third-order valence-electron chi connectivity index (χ3n) is 3.29. The lowest BCUT2D eigenvalue weighted by Crippen LogP contribution is -2.11. The van der Waals surface area contributed by atoms with Crippen molar-refractivity contribution >= 4 is 42.8 Å². The summed E-state index contributed by atoms with van der Waals surface area (Å²) in [5.41, 5.74) is 9.41. The summed E-state index contributed by atoms with van der Waals surface area (Å²) in [5, 5.41) is 1.09. The summed E-state index contributed by atoms with van der Waals surface area (Å²) in [6, 6.07) is 13.8. The molecule has 20 heavy (non-hydrogen) atoms. The molecule has 3 rings (SSSR count). The second-order valence-corrected chi connectivity index (χ2v) is 6.60. The minimum atomic E-state index is -0.287. The summed E-state index contributed by atoms with van der Waals surface area (Å²) >= 11 is 6.99. The molecular weight excluding hydrogens is 382 g/mol. The molecule has 0 spiro atoms. The van der Waals surface area contributed by atoms with Crippen LogP contribution in [0.5, 0.6) is 0 Å². The minimum Gasteiger partial charge on any atom is -0.459 e. The summed E-state index contributed by atoms with van der Waals surface area (Å²) in [7, 11) is 0. The Morgan fingerprint density at radius 2 is 1.85 bits per heavy atom. The molecule has 2 N–H and O–H groups in total. The van der Waals surface area contributed by atoms with Gasteiger partial charge >= 0.3 is 0 Å². The van der Waals surface area contributed by atoms with Crippen molar-refractivity contribution in [2.75, 3.05) is 0 Å². The van der Waals surface area contributed by atoms with Gasteiger partial charge in [0.15, 0.2) is 0 Å². The molecule has 2 aromatic carbocycles. The first-order valence-electron chi connectivity index (χ1n) is 6.25. The number of aryl methyl sites for hydroxylation is 1. The van der Waals surface area contributed by atoms with E-state index in [0.29, 0.717) is 0 Å². The van der Waals surface area contributed by atoms with E-state index in [0.717, 1.165) is 31.2 Å². The highest BCUT2D eigenvalue weighted by atomic mass is 79.9. The standard InChI is InChI=1S/C16H13Br2NO/c1-9-2-5-14-10(6-9)7-15(20-14)16(19)12-4-3-11(17)8-13(12)18/h2-8,16H,19H2,1H3. The van der Waals surface area contributed by atoms with Gasteiger partial charge in [-0.05, 0) is 42.8 Å². The second-order valence-electron chi connectivity index (χ2n) is 4.83. The van der Waals surface area contributed by atoms with E-state index in [2.05, 4.69) is 44.8 Å². The van der Waals surface area contributed by atoms with E-state index in [1.807, 2.05) is 36.4 Å². The van der Waals surface area contributed by atoms with E-state index in [4.69, 9.17) is 10.2 Å². The largest absolute Gasteiger partial charge is 0.459 e. The molecule has 4 heteroatoms. The van der Waals surface area contributed by atoms with Gasteiger partial charge in [-0.1, -0.05) is 49.6 Å². The molecule has 0 saturated carbocycles. The fourth-order valence-corrected chi connectivity index (χ4v) is 3.54. The zero-order valence-electron chi connectivity index (χ0n) is 10.9. The van der Waals surface area contributed by atoms with Gasteiger partial charge in [-0.15, -0.1) is 0 Å². The van der Waals surface area contributed by atoms with Crippen molar-refractivity contribution in [3.05, 3.63) is 68.3 Å². The molecule has 1 aromatic heterocycles. The molecule has 1 unspecified atom stereocenters. The molecule has 0 radical (unpaired) electrons. The molecule has 102 valence electrons. The van der Waals surface area contributed by atoms with Crippen LogP contribution in [0.25, 0.3) is 11.0 Å². The van der Waals surface area contributed by atoms with Gasteiger partial charge in [0.2, 0.25) is 0 Å². The molecule has 3 aromatic rings. The lowest BCUT2D eigenvalue weighted by molar-refractivity contribution is 0.524. The first-order valence-corrected chi connectivity index (χ1v) is 7.84. The fourth-order valence-electron chi connectivity index (χ4n) is 2.24. The summed E-state index contributed by atoms with van der Waals surface area (Å²) in [4.78, 5) is 0. The fraction of sp³-hybridized carbons (Fsp3) is 0.125. The molecule has 1 heterocycles. The van der Waals surface area contributed by atoms with Gasteiger partial charge < -0.3 is 10.2 Å². The van der Waals surface area contributed by atoms with Crippen molar-refractivity contribution < 1.29 is 4.42 Å². The van der Waals surface area contributed by atoms with Crippen LogP contribution in [0.4, 0.5) is 0 Å². The lowest BCUT2D eigenvalue weighted by Gasteiger charge is -2.11. The number of hydrogen-bond donors (Lipinski definition) is 1. The first-order chi connectivity index (χ1) is 9.54. The van der Waals surface area contributed by atoms with E-state index in [-0.39, 0.29) is 6.04 Å². The summed E-state index contributed by atoms with van der Waals surface area (Å²) in [5.74, 6) is 0.772. The Labute approximate surface area is 134 Å². The maximum atomic E-state index is 6.33. The van der Waals surface area contributed by atoms with E-state index in [9.17, 15) is 0 Å². The molecule has 0 aliphatic heterocycles. The van der Waals surface area contributed by atoms with E-state index in [1.54, 1.807) is 0 Å². The topological polar surface area (TPSA) is 39.2 Å². The van der Waals surface area contributed by atoms with E-state index in [1.165, 1.54) is 5.56 Å². The highest BCUT2D eigenvalue weighted by Gasteiger charge is 2.17. The van der Waals surface area contributed by atoms with Crippen molar-refractivity contribution in [3.8, 4) is 0 Å². The third-order valence-corrected chi connectivity index (χ3v) is 4.47. The Bertz CT molecular complexity index is 779. The smallest absolute Gasteiger partial charge is 0.134 e. The van der Waals surface area contributed by atoms with Crippen LogP contribution < -0.4 is 5.73 Å². The Balaban J connectivity index is 2.05. The van der Waals surface area contributed by atoms with Crippen LogP contribution in [0.2, 0.25) is 0 Å². The predicted octanol–water partition coefficient (Wildman–Crippen LogP) is 5.31. The van der Waals surface area contributed by atoms with Crippen molar-refractivity contribution in [3.63, 3.8) is 0 Å². The molecule has 0 aliphatic carbocycles. The molecular formula is C16H13Br2NO. The monoisotopic (exact) mass is 393 g/mol. The van der Waals surface area contributed by atoms with Crippen LogP contribution in [-0.2, 0) is 0 Å². The highest BCUT2D eigenvalue weighted by molar-refractivity contribution is 9.11. The Hall–Kier alpha value is -1.10. The summed E-state index contributed by atoms with van der Waals surface area (Å²) in [6.07, 6.45) is 0. The van der Waals surface area contributed by atoms with E-state index < -0.39 is 0 Å². The maximum Gasteiger partial charge on any atom is 0.134 e. The number of furan rings is 1.